The van der Waals surface area contributed by atoms with Crippen molar-refractivity contribution in [2.75, 3.05) is 0 Å². The molecule has 0 bridgehead atoms. The second kappa shape index (κ2) is 7.72. The van der Waals surface area contributed by atoms with E-state index in [1.807, 2.05) is 30.3 Å². The lowest BCUT2D eigenvalue weighted by atomic mass is 9.92. The number of benzene rings is 1. The Morgan fingerprint density at radius 2 is 1.91 bits per heavy atom. The number of nitrogens with zero attached hydrogens (tertiary/aromatic N) is 2. The molecule has 2 aromatic rings. The Morgan fingerprint density at radius 1 is 1.13 bits per heavy atom. The number of nitrogens with one attached hydrogen (secondary N) is 1. The number of hydrogen-bond donors (Lipinski definition) is 1. The monoisotopic (exact) mass is 311 g/mol. The van der Waals surface area contributed by atoms with Crippen LogP contribution in [0.2, 0.25) is 0 Å². The van der Waals surface area contributed by atoms with Gasteiger partial charge in [0.2, 0.25) is 11.8 Å². The number of ether oxygens (including phenoxy) is 1. The highest BCUT2D eigenvalue weighted by molar-refractivity contribution is 5.78. The number of rotatable bonds is 5. The maximum Gasteiger partial charge on any atom is 0.232 e. The summed E-state index contributed by atoms with van der Waals surface area (Å²) >= 11 is 0. The first-order valence-corrected chi connectivity index (χ1v) is 8.05. The van der Waals surface area contributed by atoms with E-state index < -0.39 is 0 Å². The van der Waals surface area contributed by atoms with Gasteiger partial charge in [0.05, 0.1) is 12.6 Å². The molecule has 0 unspecified atom stereocenters. The Bertz CT molecular complexity index is 611. The van der Waals surface area contributed by atoms with Crippen molar-refractivity contribution in [2.45, 2.75) is 44.2 Å². The molecule has 0 aliphatic heterocycles. The number of carbonyl (C=O) groups is 1. The second-order valence-electron chi connectivity index (χ2n) is 5.87. The van der Waals surface area contributed by atoms with Crippen molar-refractivity contribution in [1.29, 1.82) is 0 Å². The van der Waals surface area contributed by atoms with Gasteiger partial charge in [-0.1, -0.05) is 30.3 Å². The molecule has 120 valence electrons. The highest BCUT2D eigenvalue weighted by Crippen LogP contribution is 2.22. The quantitative estimate of drug-likeness (QED) is 0.921. The summed E-state index contributed by atoms with van der Waals surface area (Å²) in [5.41, 5.74) is 1.05. The normalized spacial score (nSPS) is 20.7. The summed E-state index contributed by atoms with van der Waals surface area (Å²) in [6.45, 7) is 0. The van der Waals surface area contributed by atoms with E-state index in [0.717, 1.165) is 31.2 Å². The molecule has 5 nitrogen and oxygen atoms in total. The lowest BCUT2D eigenvalue weighted by Crippen LogP contribution is -2.40. The molecule has 1 saturated carbocycles. The Labute approximate surface area is 136 Å². The minimum Gasteiger partial charge on any atom is -0.473 e. The van der Waals surface area contributed by atoms with Crippen LogP contribution in [0.3, 0.4) is 0 Å². The molecule has 1 amide bonds. The fraction of sp³-hybridized carbons (Fsp3) is 0.389. The van der Waals surface area contributed by atoms with Crippen LogP contribution in [0.15, 0.2) is 48.9 Å². The summed E-state index contributed by atoms with van der Waals surface area (Å²) < 4.78 is 5.82. The number of carbonyl (C=O) groups excluding carboxylic acids is 1. The summed E-state index contributed by atoms with van der Waals surface area (Å²) in [5, 5.41) is 3.13. The van der Waals surface area contributed by atoms with Crippen LogP contribution >= 0.6 is 0 Å². The standard InChI is InChI=1S/C18H21N3O2/c22-17(12-14-4-2-1-3-5-14)21-15-6-8-16(9-7-15)23-18-13-19-10-11-20-18/h1-5,10-11,13,15-16H,6-9,12H2,(H,21,22). The minimum atomic E-state index is 0.0921. The smallest absolute Gasteiger partial charge is 0.232 e. The van der Waals surface area contributed by atoms with Gasteiger partial charge in [-0.25, -0.2) is 4.98 Å². The van der Waals surface area contributed by atoms with Crippen LogP contribution in [-0.2, 0) is 11.2 Å². The molecule has 3 rings (SSSR count). The summed E-state index contributed by atoms with van der Waals surface area (Å²) in [6, 6.07) is 10.1. The third-order valence-electron chi connectivity index (χ3n) is 4.07. The molecule has 0 atom stereocenters. The number of aromatic nitrogens is 2. The fourth-order valence-electron chi connectivity index (χ4n) is 2.90. The third kappa shape index (κ3) is 4.77. The molecule has 1 aliphatic carbocycles. The van der Waals surface area contributed by atoms with E-state index >= 15 is 0 Å². The van der Waals surface area contributed by atoms with E-state index in [-0.39, 0.29) is 18.1 Å². The maximum atomic E-state index is 12.1. The van der Waals surface area contributed by atoms with Gasteiger partial charge < -0.3 is 10.1 Å². The molecule has 0 radical (unpaired) electrons. The number of hydrogen-bond acceptors (Lipinski definition) is 4. The predicted octanol–water partition coefficient (Wildman–Crippen LogP) is 2.53. The first-order valence-electron chi connectivity index (χ1n) is 8.05. The Kier molecular flexibility index (Phi) is 5.19. The van der Waals surface area contributed by atoms with E-state index in [9.17, 15) is 4.79 Å². The largest absolute Gasteiger partial charge is 0.473 e. The summed E-state index contributed by atoms with van der Waals surface area (Å²) in [6.07, 6.45) is 9.21. The van der Waals surface area contributed by atoms with Crippen molar-refractivity contribution in [3.05, 3.63) is 54.5 Å². The van der Waals surface area contributed by atoms with E-state index in [0.29, 0.717) is 12.3 Å². The predicted molar refractivity (Wildman–Crippen MR) is 87.0 cm³/mol. The van der Waals surface area contributed by atoms with Gasteiger partial charge in [0.25, 0.3) is 0 Å². The molecular formula is C18H21N3O2. The molecule has 1 fully saturated rings. The molecule has 0 spiro atoms. The second-order valence-corrected chi connectivity index (χ2v) is 5.87. The molecule has 5 heteroatoms. The van der Waals surface area contributed by atoms with E-state index in [1.165, 1.54) is 0 Å². The van der Waals surface area contributed by atoms with Gasteiger partial charge in [0.15, 0.2) is 0 Å². The van der Waals surface area contributed by atoms with Crippen LogP contribution in [0.5, 0.6) is 5.88 Å². The lowest BCUT2D eigenvalue weighted by Gasteiger charge is -2.29. The van der Waals surface area contributed by atoms with Gasteiger partial charge in [0, 0.05) is 18.4 Å². The van der Waals surface area contributed by atoms with Crippen LogP contribution in [0.1, 0.15) is 31.2 Å². The van der Waals surface area contributed by atoms with Crippen molar-refractivity contribution in [3.63, 3.8) is 0 Å². The molecule has 23 heavy (non-hydrogen) atoms. The van der Waals surface area contributed by atoms with Gasteiger partial charge in [-0.05, 0) is 31.2 Å². The summed E-state index contributed by atoms with van der Waals surface area (Å²) in [5.74, 6) is 0.665. The van der Waals surface area contributed by atoms with E-state index in [1.54, 1.807) is 18.6 Å². The van der Waals surface area contributed by atoms with Gasteiger partial charge in [-0.15, -0.1) is 0 Å². The molecule has 1 aliphatic rings. The van der Waals surface area contributed by atoms with Gasteiger partial charge in [-0.2, -0.15) is 0 Å². The van der Waals surface area contributed by atoms with Crippen molar-refractivity contribution in [3.8, 4) is 5.88 Å². The molecule has 0 saturated heterocycles. The highest BCUT2D eigenvalue weighted by atomic mass is 16.5. The fourth-order valence-corrected chi connectivity index (χ4v) is 2.90. The first-order chi connectivity index (χ1) is 11.3. The van der Waals surface area contributed by atoms with E-state index in [4.69, 9.17) is 4.74 Å². The van der Waals surface area contributed by atoms with E-state index in [2.05, 4.69) is 15.3 Å². The minimum absolute atomic E-state index is 0.0921. The average molecular weight is 311 g/mol. The van der Waals surface area contributed by atoms with Crippen molar-refractivity contribution >= 4 is 5.91 Å². The van der Waals surface area contributed by atoms with Gasteiger partial charge in [-0.3, -0.25) is 9.78 Å². The molecular weight excluding hydrogens is 290 g/mol. The van der Waals surface area contributed by atoms with Gasteiger partial charge >= 0.3 is 0 Å². The zero-order valence-electron chi connectivity index (χ0n) is 13.0. The topological polar surface area (TPSA) is 64.1 Å². The van der Waals surface area contributed by atoms with Crippen LogP contribution in [0.25, 0.3) is 0 Å². The van der Waals surface area contributed by atoms with Crippen molar-refractivity contribution in [2.24, 2.45) is 0 Å². The Hall–Kier alpha value is -2.43. The Balaban J connectivity index is 1.41. The SMILES string of the molecule is O=C(Cc1ccccc1)NC1CCC(Oc2cnccn2)CC1. The summed E-state index contributed by atoms with van der Waals surface area (Å²) in [7, 11) is 0. The highest BCUT2D eigenvalue weighted by Gasteiger charge is 2.23. The zero-order valence-corrected chi connectivity index (χ0v) is 13.0. The van der Waals surface area contributed by atoms with Gasteiger partial charge in [0.1, 0.15) is 6.10 Å². The van der Waals surface area contributed by atoms with Crippen LogP contribution in [-0.4, -0.2) is 28.0 Å². The van der Waals surface area contributed by atoms with Crippen molar-refractivity contribution in [1.82, 2.24) is 15.3 Å². The van der Waals surface area contributed by atoms with Crippen LogP contribution < -0.4 is 10.1 Å². The molecule has 1 aromatic heterocycles. The first kappa shape index (κ1) is 15.5. The summed E-state index contributed by atoms with van der Waals surface area (Å²) in [4.78, 5) is 20.2. The number of amides is 1. The zero-order chi connectivity index (χ0) is 15.9. The van der Waals surface area contributed by atoms with Crippen LogP contribution in [0.4, 0.5) is 0 Å². The molecule has 1 heterocycles. The molecule has 1 aromatic carbocycles. The third-order valence-corrected chi connectivity index (χ3v) is 4.07. The average Bonchev–Trinajstić information content (AvgIpc) is 2.58. The van der Waals surface area contributed by atoms with Crippen LogP contribution in [0, 0.1) is 0 Å². The lowest BCUT2D eigenvalue weighted by molar-refractivity contribution is -0.121. The van der Waals surface area contributed by atoms with Crippen molar-refractivity contribution < 1.29 is 9.53 Å². The Morgan fingerprint density at radius 3 is 2.61 bits per heavy atom. The maximum absolute atomic E-state index is 12.1. The molecule has 1 N–H and O–H groups in total.